The molecule has 6 N–H and O–H groups in total. The van der Waals surface area contributed by atoms with E-state index in [0.29, 0.717) is 34.4 Å². The molecule has 0 aliphatic carbocycles. The maximum Gasteiger partial charge on any atom is 3.00 e. The van der Waals surface area contributed by atoms with Gasteiger partial charge >= 0.3 is 17.4 Å². The molecule has 0 fully saturated rings. The van der Waals surface area contributed by atoms with E-state index >= 15 is 0 Å². The number of nitro benzene ring substituents is 3. The zero-order valence-corrected chi connectivity index (χ0v) is 50.5. The largest absolute Gasteiger partial charge is 3.00 e. The minimum absolute atomic E-state index is 0. The zero-order chi connectivity index (χ0) is 67.0. The number of phenolic OH excluding ortho intramolecular Hbond substituents is 6. The molecule has 12 aromatic rings. The molecule has 0 bridgehead atoms. The fraction of sp³-hybridized carbons (Fsp3) is 0. The van der Waals surface area contributed by atoms with Crippen LogP contribution < -0.4 is 0 Å². The van der Waals surface area contributed by atoms with Crippen LogP contribution in [0.2, 0.25) is 0 Å². The average Bonchev–Trinajstić information content (AvgIpc) is 0.774. The molecule has 0 amide bonds. The van der Waals surface area contributed by atoms with Crippen LogP contribution in [0.3, 0.4) is 0 Å². The van der Waals surface area contributed by atoms with Crippen molar-refractivity contribution in [2.45, 2.75) is 14.7 Å². The molecule has 30 nitrogen and oxygen atoms in total. The van der Waals surface area contributed by atoms with Crippen molar-refractivity contribution >= 4 is 146 Å². The van der Waals surface area contributed by atoms with E-state index in [9.17, 15) is 99.9 Å². The van der Waals surface area contributed by atoms with E-state index in [2.05, 4.69) is 30.7 Å². The van der Waals surface area contributed by atoms with Crippen molar-refractivity contribution in [1.29, 1.82) is 0 Å². The fourth-order valence-corrected chi connectivity index (χ4v) is 11.8. The van der Waals surface area contributed by atoms with Crippen LogP contribution in [0.4, 0.5) is 51.2 Å². The van der Waals surface area contributed by atoms with Crippen LogP contribution in [0, 0.1) is 30.3 Å². The normalized spacial score (nSPS) is 11.9. The Morgan fingerprint density at radius 1 is 0.277 bits per heavy atom. The molecule has 94 heavy (non-hydrogen) atoms. The topological polar surface area (TPSA) is 497 Å². The van der Waals surface area contributed by atoms with E-state index in [1.54, 1.807) is 91.0 Å². The van der Waals surface area contributed by atoms with Crippen molar-refractivity contribution in [3.05, 3.63) is 212 Å². The molecule has 0 heterocycles. The molecule has 12 rings (SSSR count). The van der Waals surface area contributed by atoms with Gasteiger partial charge in [-0.05, 0) is 52.6 Å². The Labute approximate surface area is 537 Å². The summed E-state index contributed by atoms with van der Waals surface area (Å²) < 4.78 is 105. The molecule has 34 heteroatoms. The van der Waals surface area contributed by atoms with Gasteiger partial charge in [-0.2, -0.15) is 0 Å². The Bertz CT molecular complexity index is 5100. The quantitative estimate of drug-likeness (QED) is 0.0286. The van der Waals surface area contributed by atoms with Crippen LogP contribution in [0.5, 0.6) is 34.5 Å². The van der Waals surface area contributed by atoms with Crippen molar-refractivity contribution in [3.63, 3.8) is 0 Å². The summed E-state index contributed by atoms with van der Waals surface area (Å²) in [5.41, 5.74) is -1.68. The first kappa shape index (κ1) is 66.7. The molecule has 0 aliphatic heterocycles. The monoisotopic (exact) mass is 1370 g/mol. The second-order valence-electron chi connectivity index (χ2n) is 19.6. The number of non-ortho nitro benzene ring substituents is 3. The van der Waals surface area contributed by atoms with Gasteiger partial charge in [-0.1, -0.05) is 91.0 Å². The molecule has 0 saturated heterocycles. The number of azo groups is 3. The first-order chi connectivity index (χ1) is 44.0. The molecule has 0 aliphatic rings. The van der Waals surface area contributed by atoms with Gasteiger partial charge in [0.1, 0.15) is 99.0 Å². The van der Waals surface area contributed by atoms with Gasteiger partial charge in [0.05, 0.1) is 29.5 Å². The number of hydrogen-bond donors (Lipinski definition) is 6. The first-order valence-electron chi connectivity index (χ1n) is 26.1. The van der Waals surface area contributed by atoms with Crippen molar-refractivity contribution < 1.29 is 102 Å². The Balaban J connectivity index is 0.000000165. The molecule has 12 aromatic carbocycles. The molecular weight excluding hydrogens is 1330 g/mol. The van der Waals surface area contributed by atoms with Gasteiger partial charge in [-0.15, -0.1) is 30.7 Å². The Kier molecular flexibility index (Phi) is 18.6. The number of phenols is 6. The van der Waals surface area contributed by atoms with Gasteiger partial charge in [-0.25, -0.2) is 25.3 Å². The van der Waals surface area contributed by atoms with Gasteiger partial charge in [-0.3, -0.25) is 30.3 Å². The third-order valence-electron chi connectivity index (χ3n) is 13.9. The van der Waals surface area contributed by atoms with Gasteiger partial charge in [0.25, 0.3) is 17.1 Å². The second-order valence-corrected chi connectivity index (χ2v) is 23.7. The predicted molar refractivity (Wildman–Crippen MR) is 330 cm³/mol. The Morgan fingerprint density at radius 3 is 0.723 bits per heavy atom. The predicted octanol–water partition coefficient (Wildman–Crippen LogP) is 13.9. The average molecular weight is 1370 g/mol. The standard InChI is InChI=1S/3C20H13N3O7S.Cr/c3*24-16-8-5-11-3-1-2-4-13(11)19(16)21-22-20-14-7-6-12(23(26)27)9-15(14)18(10-17(20)25)31(28,29)30;/h3*1-10,24-25H,(H,28,29,30);/q;;;+3/p-3. The summed E-state index contributed by atoms with van der Waals surface area (Å²) in [5.74, 6) is -2.54. The Morgan fingerprint density at radius 2 is 0.500 bits per heavy atom. The number of aromatic hydroxyl groups is 6. The maximum atomic E-state index is 11.6. The number of fused-ring (bicyclic) bond motifs is 6. The van der Waals surface area contributed by atoms with Crippen molar-refractivity contribution in [2.75, 3.05) is 0 Å². The Hall–Kier alpha value is -11.7. The van der Waals surface area contributed by atoms with E-state index in [-0.39, 0.29) is 101 Å². The van der Waals surface area contributed by atoms with Crippen LogP contribution >= 0.6 is 0 Å². The third-order valence-corrected chi connectivity index (χ3v) is 16.6. The maximum absolute atomic E-state index is 11.6. The van der Waals surface area contributed by atoms with E-state index in [0.717, 1.165) is 52.6 Å². The second kappa shape index (κ2) is 26.2. The molecule has 0 saturated carbocycles. The molecule has 0 atom stereocenters. The summed E-state index contributed by atoms with van der Waals surface area (Å²) in [4.78, 5) is 28.6. The first-order valence-corrected chi connectivity index (χ1v) is 30.3. The van der Waals surface area contributed by atoms with E-state index in [1.807, 2.05) is 0 Å². The van der Waals surface area contributed by atoms with Crippen LogP contribution in [-0.4, -0.2) is 84.3 Å². The number of benzene rings is 12. The number of nitro groups is 3. The SMILES string of the molecule is O=[N+]([O-])c1ccc2c(N=Nc3c(O)ccc4ccccc34)c(O)cc(S(=O)(=O)[O-])c2c1.O=[N+]([O-])c1ccc2c(N=Nc3c(O)ccc4ccccc34)c(O)cc(S(=O)(=O)[O-])c2c1.O=[N+]([O-])c1ccc2c(N=Nc3c(O)ccc4ccccc34)c(O)cc(S(=O)(=O)[O-])c2c1.[Cr+3]. The van der Waals surface area contributed by atoms with Gasteiger partial charge in [0.15, 0.2) is 0 Å². The molecular formula is C60H36CrN9O21S3. The van der Waals surface area contributed by atoms with Gasteiger partial charge < -0.3 is 44.3 Å². The molecule has 0 unspecified atom stereocenters. The summed E-state index contributed by atoms with van der Waals surface area (Å²) in [6, 6.07) is 41.9. The molecule has 0 spiro atoms. The van der Waals surface area contributed by atoms with Crippen LogP contribution in [0.1, 0.15) is 0 Å². The van der Waals surface area contributed by atoms with Crippen molar-refractivity contribution in [3.8, 4) is 34.5 Å². The minimum atomic E-state index is -5.06. The van der Waals surface area contributed by atoms with E-state index < -0.39 is 94.1 Å². The van der Waals surface area contributed by atoms with Crippen LogP contribution in [0.25, 0.3) is 64.6 Å². The van der Waals surface area contributed by atoms with Crippen LogP contribution in [-0.2, 0) is 47.7 Å². The van der Waals surface area contributed by atoms with Crippen molar-refractivity contribution in [1.82, 2.24) is 0 Å². The third kappa shape index (κ3) is 13.6. The van der Waals surface area contributed by atoms with Crippen molar-refractivity contribution in [2.24, 2.45) is 30.7 Å². The number of nitrogens with zero attached hydrogens (tertiary/aromatic N) is 9. The smallest absolute Gasteiger partial charge is 0.744 e. The summed E-state index contributed by atoms with van der Waals surface area (Å²) in [5, 5.41) is 122. The fourth-order valence-electron chi connectivity index (χ4n) is 9.68. The summed E-state index contributed by atoms with van der Waals surface area (Å²) in [7, 11) is -15.2. The zero-order valence-electron chi connectivity index (χ0n) is 46.8. The van der Waals surface area contributed by atoms with Crippen LogP contribution in [0.15, 0.2) is 227 Å². The van der Waals surface area contributed by atoms with E-state index in [4.69, 9.17) is 0 Å². The minimum Gasteiger partial charge on any atom is -0.744 e. The van der Waals surface area contributed by atoms with Gasteiger partial charge in [0, 0.05) is 103 Å². The molecule has 1 radical (unpaired) electrons. The summed E-state index contributed by atoms with van der Waals surface area (Å²) in [6.45, 7) is 0. The summed E-state index contributed by atoms with van der Waals surface area (Å²) >= 11 is 0. The van der Waals surface area contributed by atoms with Gasteiger partial charge in [0.2, 0.25) is 0 Å². The number of hydrogen-bond acceptors (Lipinski definition) is 27. The molecule has 0 aromatic heterocycles. The number of rotatable bonds is 12. The molecule has 471 valence electrons. The van der Waals surface area contributed by atoms with E-state index in [1.165, 1.54) is 36.4 Å². The summed E-state index contributed by atoms with van der Waals surface area (Å²) in [6.07, 6.45) is 0.